The molecule has 2 saturated carbocycles. The molecule has 3 rings (SSSR count). The highest BCUT2D eigenvalue weighted by molar-refractivity contribution is 5.93. The molecule has 0 aromatic carbocycles. The fourth-order valence-corrected chi connectivity index (χ4v) is 4.13. The van der Waals surface area contributed by atoms with Gasteiger partial charge in [0.2, 0.25) is 5.60 Å². The number of ether oxygens (including phenoxy) is 2. The number of rotatable bonds is 2. The Bertz CT molecular complexity index is 449. The van der Waals surface area contributed by atoms with E-state index in [4.69, 9.17) is 9.47 Å². The van der Waals surface area contributed by atoms with Crippen molar-refractivity contribution in [2.45, 2.75) is 77.4 Å². The Labute approximate surface area is 120 Å². The number of esters is 2. The first kappa shape index (κ1) is 13.9. The first-order chi connectivity index (χ1) is 9.33. The quantitative estimate of drug-likeness (QED) is 0.730. The van der Waals surface area contributed by atoms with Crippen molar-refractivity contribution in [3.8, 4) is 0 Å². The molecule has 112 valence electrons. The van der Waals surface area contributed by atoms with Crippen molar-refractivity contribution in [3.63, 3.8) is 0 Å². The number of fused-ring (bicyclic) bond motifs is 2. The first-order valence-corrected chi connectivity index (χ1v) is 7.78. The largest absolute Gasteiger partial charge is 0.459 e. The Morgan fingerprint density at radius 3 is 2.30 bits per heavy atom. The van der Waals surface area contributed by atoms with Gasteiger partial charge < -0.3 is 9.47 Å². The van der Waals surface area contributed by atoms with Crippen LogP contribution in [0.15, 0.2) is 0 Å². The molecule has 1 aliphatic heterocycles. The molecule has 0 amide bonds. The topological polar surface area (TPSA) is 52.6 Å². The van der Waals surface area contributed by atoms with Crippen molar-refractivity contribution in [2.75, 3.05) is 0 Å². The molecule has 20 heavy (non-hydrogen) atoms. The highest BCUT2D eigenvalue weighted by Gasteiger charge is 2.76. The van der Waals surface area contributed by atoms with Crippen LogP contribution in [-0.4, -0.2) is 23.6 Å². The molecule has 1 heterocycles. The second-order valence-corrected chi connectivity index (χ2v) is 7.34. The van der Waals surface area contributed by atoms with E-state index in [1.54, 1.807) is 0 Å². The second-order valence-electron chi connectivity index (χ2n) is 7.34. The zero-order chi connectivity index (χ0) is 14.6. The molecule has 0 aromatic heterocycles. The van der Waals surface area contributed by atoms with E-state index in [0.717, 1.165) is 25.7 Å². The van der Waals surface area contributed by atoms with Crippen LogP contribution < -0.4 is 0 Å². The van der Waals surface area contributed by atoms with Gasteiger partial charge in [-0.25, -0.2) is 4.79 Å². The fourth-order valence-electron chi connectivity index (χ4n) is 4.13. The van der Waals surface area contributed by atoms with Crippen LogP contribution in [0.2, 0.25) is 0 Å². The minimum atomic E-state index is -1.06. The minimum absolute atomic E-state index is 0.00702. The lowest BCUT2D eigenvalue weighted by molar-refractivity contribution is -0.188. The van der Waals surface area contributed by atoms with E-state index in [1.807, 2.05) is 20.8 Å². The van der Waals surface area contributed by atoms with Gasteiger partial charge in [0.25, 0.3) is 0 Å². The Morgan fingerprint density at radius 2 is 1.80 bits per heavy atom. The van der Waals surface area contributed by atoms with Crippen LogP contribution in [0.4, 0.5) is 0 Å². The third kappa shape index (κ3) is 1.54. The van der Waals surface area contributed by atoms with Gasteiger partial charge >= 0.3 is 11.9 Å². The molecule has 2 bridgehead atoms. The van der Waals surface area contributed by atoms with Gasteiger partial charge in [0, 0.05) is 5.41 Å². The van der Waals surface area contributed by atoms with Crippen LogP contribution in [0.1, 0.15) is 65.7 Å². The van der Waals surface area contributed by atoms with Crippen LogP contribution in [0, 0.1) is 10.8 Å². The van der Waals surface area contributed by atoms with Gasteiger partial charge in [-0.05, 0) is 45.4 Å². The van der Waals surface area contributed by atoms with Gasteiger partial charge in [0.1, 0.15) is 6.10 Å². The predicted octanol–water partition coefficient (Wildman–Crippen LogP) is 2.98. The van der Waals surface area contributed by atoms with Gasteiger partial charge in [-0.1, -0.05) is 20.3 Å². The average Bonchev–Trinajstić information content (AvgIpc) is 2.70. The van der Waals surface area contributed by atoms with Crippen LogP contribution in [0.3, 0.4) is 0 Å². The lowest BCUT2D eigenvalue weighted by Gasteiger charge is -2.36. The van der Waals surface area contributed by atoms with Gasteiger partial charge in [-0.3, -0.25) is 4.79 Å². The average molecular weight is 280 g/mol. The molecule has 4 nitrogen and oxygen atoms in total. The third-order valence-corrected chi connectivity index (χ3v) is 6.24. The molecule has 0 spiro atoms. The molecule has 0 unspecified atom stereocenters. The van der Waals surface area contributed by atoms with E-state index in [1.165, 1.54) is 6.42 Å². The normalized spacial score (nSPS) is 39.6. The van der Waals surface area contributed by atoms with Crippen molar-refractivity contribution < 1.29 is 19.1 Å². The van der Waals surface area contributed by atoms with E-state index in [9.17, 15) is 9.59 Å². The first-order valence-electron chi connectivity index (χ1n) is 7.78. The van der Waals surface area contributed by atoms with E-state index in [2.05, 4.69) is 0 Å². The smallest absolute Gasteiger partial charge is 0.351 e. The molecular weight excluding hydrogens is 256 g/mol. The molecule has 2 aliphatic carbocycles. The highest BCUT2D eigenvalue weighted by atomic mass is 16.6. The maximum Gasteiger partial charge on any atom is 0.351 e. The SMILES string of the molecule is CC1(C)[C@@]2(C)CC[C@]1(C(=O)OC1CCCCC1)OC2=O. The van der Waals surface area contributed by atoms with Crippen LogP contribution in [0.25, 0.3) is 0 Å². The molecule has 0 radical (unpaired) electrons. The van der Waals surface area contributed by atoms with E-state index < -0.39 is 16.4 Å². The highest BCUT2D eigenvalue weighted by Crippen LogP contribution is 2.65. The predicted molar refractivity (Wildman–Crippen MR) is 72.9 cm³/mol. The summed E-state index contributed by atoms with van der Waals surface area (Å²) in [4.78, 5) is 24.8. The lowest BCUT2D eigenvalue weighted by Crippen LogP contribution is -2.50. The summed E-state index contributed by atoms with van der Waals surface area (Å²) < 4.78 is 11.3. The molecule has 1 saturated heterocycles. The molecule has 0 aromatic rings. The summed E-state index contributed by atoms with van der Waals surface area (Å²) in [5, 5.41) is 0. The van der Waals surface area contributed by atoms with Crippen LogP contribution in [0.5, 0.6) is 0 Å². The van der Waals surface area contributed by atoms with E-state index in [0.29, 0.717) is 12.8 Å². The zero-order valence-corrected chi connectivity index (χ0v) is 12.7. The maximum absolute atomic E-state index is 12.7. The maximum atomic E-state index is 12.7. The zero-order valence-electron chi connectivity index (χ0n) is 12.7. The van der Waals surface area contributed by atoms with Crippen molar-refractivity contribution in [1.29, 1.82) is 0 Å². The van der Waals surface area contributed by atoms with Crippen molar-refractivity contribution in [1.82, 2.24) is 0 Å². The van der Waals surface area contributed by atoms with Crippen molar-refractivity contribution in [2.24, 2.45) is 10.8 Å². The van der Waals surface area contributed by atoms with Crippen LogP contribution >= 0.6 is 0 Å². The summed E-state index contributed by atoms with van der Waals surface area (Å²) in [7, 11) is 0. The Kier molecular flexibility index (Phi) is 2.93. The lowest BCUT2D eigenvalue weighted by atomic mass is 9.66. The standard InChI is InChI=1S/C16H24O4/c1-14(2)15(3)9-10-16(14,20-12(15)17)13(18)19-11-7-5-4-6-8-11/h11H,4-10H2,1-3H3/t15-,16+/m0/s1. The van der Waals surface area contributed by atoms with Gasteiger partial charge in [0.15, 0.2) is 0 Å². The van der Waals surface area contributed by atoms with Gasteiger partial charge in [-0.2, -0.15) is 0 Å². The molecule has 0 N–H and O–H groups in total. The number of hydrogen-bond donors (Lipinski definition) is 0. The summed E-state index contributed by atoms with van der Waals surface area (Å²) in [6.45, 7) is 5.85. The Hall–Kier alpha value is -1.06. The number of carbonyl (C=O) groups is 2. The van der Waals surface area contributed by atoms with Crippen LogP contribution in [-0.2, 0) is 19.1 Å². The third-order valence-electron chi connectivity index (χ3n) is 6.24. The second kappa shape index (κ2) is 4.22. The summed E-state index contributed by atoms with van der Waals surface area (Å²) in [5.74, 6) is -0.557. The van der Waals surface area contributed by atoms with E-state index in [-0.39, 0.29) is 18.0 Å². The number of hydrogen-bond acceptors (Lipinski definition) is 4. The summed E-state index contributed by atoms with van der Waals surface area (Å²) in [5.41, 5.74) is -2.11. The molecule has 3 fully saturated rings. The molecule has 3 aliphatic rings. The Balaban J connectivity index is 1.82. The summed E-state index contributed by atoms with van der Waals surface area (Å²) in [6, 6.07) is 0. The van der Waals surface area contributed by atoms with E-state index >= 15 is 0 Å². The molecule has 2 atom stereocenters. The monoisotopic (exact) mass is 280 g/mol. The van der Waals surface area contributed by atoms with Crippen molar-refractivity contribution in [3.05, 3.63) is 0 Å². The fraction of sp³-hybridized carbons (Fsp3) is 0.875. The number of carbonyl (C=O) groups excluding carboxylic acids is 2. The van der Waals surface area contributed by atoms with Gasteiger partial charge in [-0.15, -0.1) is 0 Å². The molecule has 4 heteroatoms. The molecular formula is C16H24O4. The van der Waals surface area contributed by atoms with Gasteiger partial charge in [0.05, 0.1) is 5.41 Å². The Morgan fingerprint density at radius 1 is 1.15 bits per heavy atom. The summed E-state index contributed by atoms with van der Waals surface area (Å²) >= 11 is 0. The minimum Gasteiger partial charge on any atom is -0.459 e. The summed E-state index contributed by atoms with van der Waals surface area (Å²) in [6.07, 6.45) is 6.63. The van der Waals surface area contributed by atoms with Crippen molar-refractivity contribution >= 4 is 11.9 Å².